The molecule has 3 rings (SSSR count). The Kier molecular flexibility index (Phi) is 3.27. The minimum absolute atomic E-state index is 0.793. The van der Waals surface area contributed by atoms with Crippen LogP contribution in [0.3, 0.4) is 0 Å². The fourth-order valence-corrected chi connectivity index (χ4v) is 3.54. The second kappa shape index (κ2) is 4.93. The lowest BCUT2D eigenvalue weighted by Crippen LogP contribution is -2.26. The quantitative estimate of drug-likeness (QED) is 0.828. The fourth-order valence-electron chi connectivity index (χ4n) is 3.54. The first-order chi connectivity index (χ1) is 9.22. The van der Waals surface area contributed by atoms with Crippen molar-refractivity contribution in [3.63, 3.8) is 0 Å². The molecule has 0 aliphatic carbocycles. The highest BCUT2D eigenvalue weighted by atomic mass is 16.5. The van der Waals surface area contributed by atoms with Crippen LogP contribution < -0.4 is 14.4 Å². The van der Waals surface area contributed by atoms with Crippen molar-refractivity contribution in [1.29, 1.82) is 0 Å². The molecule has 1 aromatic carbocycles. The maximum Gasteiger partial charge on any atom is 0.184 e. The Morgan fingerprint density at radius 3 is 2.26 bits per heavy atom. The highest BCUT2D eigenvalue weighted by Gasteiger charge is 2.39. The van der Waals surface area contributed by atoms with Gasteiger partial charge in [0.25, 0.3) is 0 Å². The van der Waals surface area contributed by atoms with Crippen LogP contribution in [0, 0.1) is 11.8 Å². The summed E-state index contributed by atoms with van der Waals surface area (Å²) in [6.45, 7) is 4.68. The summed E-state index contributed by atoms with van der Waals surface area (Å²) < 4.78 is 10.9. The van der Waals surface area contributed by atoms with Gasteiger partial charge in [0, 0.05) is 26.2 Å². The van der Waals surface area contributed by atoms with E-state index in [2.05, 4.69) is 22.9 Å². The Labute approximate surface area is 114 Å². The Morgan fingerprint density at radius 1 is 1.00 bits per heavy atom. The molecule has 0 bridgehead atoms. The molecular weight excluding hydrogens is 240 g/mol. The lowest BCUT2D eigenvalue weighted by atomic mass is 10.0. The number of ether oxygens (including phenoxy) is 2. The van der Waals surface area contributed by atoms with Gasteiger partial charge in [-0.2, -0.15) is 0 Å². The van der Waals surface area contributed by atoms with E-state index in [9.17, 15) is 0 Å². The molecule has 2 atom stereocenters. The van der Waals surface area contributed by atoms with Crippen LogP contribution in [0.15, 0.2) is 18.2 Å². The zero-order valence-corrected chi connectivity index (χ0v) is 11.9. The molecular formula is C15H22N2O2. The number of hydrogen-bond acceptors (Lipinski definition) is 4. The lowest BCUT2D eigenvalue weighted by molar-refractivity contribution is 0.354. The molecule has 2 aliphatic heterocycles. The number of benzene rings is 1. The zero-order chi connectivity index (χ0) is 13.4. The van der Waals surface area contributed by atoms with E-state index >= 15 is 0 Å². The SMILES string of the molecule is COc1cccc(N2CC3CN(C)CC3C2)c1OC. The van der Waals surface area contributed by atoms with Gasteiger partial charge < -0.3 is 19.3 Å². The van der Waals surface area contributed by atoms with Gasteiger partial charge in [0.15, 0.2) is 11.5 Å². The van der Waals surface area contributed by atoms with E-state index in [0.29, 0.717) is 0 Å². The number of likely N-dealkylation sites (tertiary alicyclic amines) is 1. The van der Waals surface area contributed by atoms with Crippen LogP contribution in [-0.2, 0) is 0 Å². The smallest absolute Gasteiger partial charge is 0.184 e. The molecule has 2 aliphatic rings. The Bertz CT molecular complexity index is 449. The first-order valence-electron chi connectivity index (χ1n) is 6.87. The number of para-hydroxylation sites is 1. The lowest BCUT2D eigenvalue weighted by Gasteiger charge is -2.24. The Hall–Kier alpha value is -1.42. The van der Waals surface area contributed by atoms with Gasteiger partial charge in [-0.3, -0.25) is 0 Å². The third kappa shape index (κ3) is 2.14. The third-order valence-corrected chi connectivity index (χ3v) is 4.39. The van der Waals surface area contributed by atoms with Crippen LogP contribution in [0.25, 0.3) is 0 Å². The van der Waals surface area contributed by atoms with Crippen molar-refractivity contribution in [2.75, 3.05) is 52.3 Å². The van der Waals surface area contributed by atoms with Crippen LogP contribution in [-0.4, -0.2) is 52.3 Å². The summed E-state index contributed by atoms with van der Waals surface area (Å²) in [5, 5.41) is 0. The monoisotopic (exact) mass is 262 g/mol. The minimum Gasteiger partial charge on any atom is -0.493 e. The summed E-state index contributed by atoms with van der Waals surface area (Å²) in [5.41, 5.74) is 1.17. The number of nitrogens with zero attached hydrogens (tertiary/aromatic N) is 2. The summed E-state index contributed by atoms with van der Waals surface area (Å²) in [7, 11) is 5.62. The van der Waals surface area contributed by atoms with E-state index in [1.54, 1.807) is 14.2 Å². The predicted molar refractivity (Wildman–Crippen MR) is 76.2 cm³/mol. The number of methoxy groups -OCH3 is 2. The van der Waals surface area contributed by atoms with Crippen LogP contribution in [0.4, 0.5) is 5.69 Å². The van der Waals surface area contributed by atoms with E-state index < -0.39 is 0 Å². The van der Waals surface area contributed by atoms with Crippen LogP contribution in [0.5, 0.6) is 11.5 Å². The molecule has 1 aromatic rings. The van der Waals surface area contributed by atoms with Crippen molar-refractivity contribution in [3.05, 3.63) is 18.2 Å². The van der Waals surface area contributed by atoms with Gasteiger partial charge in [0.1, 0.15) is 0 Å². The molecule has 19 heavy (non-hydrogen) atoms. The second-order valence-electron chi connectivity index (χ2n) is 5.66. The molecule has 0 N–H and O–H groups in total. The highest BCUT2D eigenvalue weighted by molar-refractivity contribution is 5.65. The molecule has 2 unspecified atom stereocenters. The van der Waals surface area contributed by atoms with Gasteiger partial charge in [-0.05, 0) is 31.0 Å². The summed E-state index contributed by atoms with van der Waals surface area (Å²) >= 11 is 0. The van der Waals surface area contributed by atoms with Crippen molar-refractivity contribution < 1.29 is 9.47 Å². The van der Waals surface area contributed by atoms with Crippen molar-refractivity contribution in [2.45, 2.75) is 0 Å². The standard InChI is InChI=1S/C15H22N2O2/c1-16-7-11-9-17(10-12(11)8-16)13-5-4-6-14(18-2)15(13)19-3/h4-6,11-12H,7-10H2,1-3H3. The molecule has 0 aromatic heterocycles. The van der Waals surface area contributed by atoms with E-state index in [1.165, 1.54) is 18.8 Å². The Balaban J connectivity index is 1.84. The summed E-state index contributed by atoms with van der Waals surface area (Å²) in [5.74, 6) is 3.26. The molecule has 4 nitrogen and oxygen atoms in total. The predicted octanol–water partition coefficient (Wildman–Crippen LogP) is 1.70. The summed E-state index contributed by atoms with van der Waals surface area (Å²) in [6.07, 6.45) is 0. The van der Waals surface area contributed by atoms with Crippen LogP contribution in [0.1, 0.15) is 0 Å². The van der Waals surface area contributed by atoms with E-state index in [1.807, 2.05) is 12.1 Å². The molecule has 0 amide bonds. The molecule has 2 heterocycles. The summed E-state index contributed by atoms with van der Waals surface area (Å²) in [4.78, 5) is 4.89. The number of anilines is 1. The van der Waals surface area contributed by atoms with Gasteiger partial charge in [-0.1, -0.05) is 6.07 Å². The first-order valence-corrected chi connectivity index (χ1v) is 6.87. The molecule has 0 saturated carbocycles. The second-order valence-corrected chi connectivity index (χ2v) is 5.66. The molecule has 4 heteroatoms. The maximum atomic E-state index is 5.55. The molecule has 0 spiro atoms. The molecule has 2 fully saturated rings. The van der Waals surface area contributed by atoms with Gasteiger partial charge in [0.05, 0.1) is 19.9 Å². The van der Waals surface area contributed by atoms with Gasteiger partial charge >= 0.3 is 0 Å². The van der Waals surface area contributed by atoms with E-state index in [4.69, 9.17) is 9.47 Å². The molecule has 104 valence electrons. The fraction of sp³-hybridized carbons (Fsp3) is 0.600. The minimum atomic E-state index is 0.793. The van der Waals surface area contributed by atoms with E-state index in [0.717, 1.165) is 36.4 Å². The van der Waals surface area contributed by atoms with Crippen molar-refractivity contribution in [2.24, 2.45) is 11.8 Å². The number of rotatable bonds is 3. The average molecular weight is 262 g/mol. The topological polar surface area (TPSA) is 24.9 Å². The van der Waals surface area contributed by atoms with Gasteiger partial charge in [-0.15, -0.1) is 0 Å². The van der Waals surface area contributed by atoms with Crippen molar-refractivity contribution in [1.82, 2.24) is 4.90 Å². The highest BCUT2D eigenvalue weighted by Crippen LogP contribution is 2.41. The number of fused-ring (bicyclic) bond motifs is 1. The number of hydrogen-bond donors (Lipinski definition) is 0. The van der Waals surface area contributed by atoms with Gasteiger partial charge in [0.2, 0.25) is 0 Å². The normalized spacial score (nSPS) is 26.6. The Morgan fingerprint density at radius 2 is 1.68 bits per heavy atom. The zero-order valence-electron chi connectivity index (χ0n) is 11.9. The molecule has 2 saturated heterocycles. The maximum absolute atomic E-state index is 5.55. The summed E-state index contributed by atoms with van der Waals surface area (Å²) in [6, 6.07) is 6.12. The third-order valence-electron chi connectivity index (χ3n) is 4.39. The first kappa shape index (κ1) is 12.6. The van der Waals surface area contributed by atoms with Crippen molar-refractivity contribution >= 4 is 5.69 Å². The van der Waals surface area contributed by atoms with Crippen molar-refractivity contribution in [3.8, 4) is 11.5 Å². The van der Waals surface area contributed by atoms with Gasteiger partial charge in [-0.25, -0.2) is 0 Å². The largest absolute Gasteiger partial charge is 0.493 e. The molecule has 0 radical (unpaired) electrons. The average Bonchev–Trinajstić information content (AvgIpc) is 2.94. The van der Waals surface area contributed by atoms with E-state index in [-0.39, 0.29) is 0 Å². The van der Waals surface area contributed by atoms with Crippen LogP contribution in [0.2, 0.25) is 0 Å². The van der Waals surface area contributed by atoms with Crippen LogP contribution >= 0.6 is 0 Å².